The minimum absolute atomic E-state index is 0.320. The Morgan fingerprint density at radius 1 is 1.30 bits per heavy atom. The Hall–Kier alpha value is -2.02. The third-order valence-corrected chi connectivity index (χ3v) is 4.40. The lowest BCUT2D eigenvalue weighted by Crippen LogP contribution is -2.45. The topological polar surface area (TPSA) is 12.0 Å². The number of allylic oxidation sites excluding steroid dienone is 9. The molecule has 20 heavy (non-hydrogen) atoms. The summed E-state index contributed by atoms with van der Waals surface area (Å²) in [6.07, 6.45) is 21.6. The highest BCUT2D eigenvalue weighted by Crippen LogP contribution is 2.43. The van der Waals surface area contributed by atoms with Crippen molar-refractivity contribution in [2.24, 2.45) is 11.8 Å². The fourth-order valence-corrected chi connectivity index (χ4v) is 3.48. The zero-order valence-corrected chi connectivity index (χ0v) is 11.8. The van der Waals surface area contributed by atoms with Gasteiger partial charge in [0.15, 0.2) is 0 Å². The molecule has 1 fully saturated rings. The SMILES string of the molecule is C=C/C=C(\C=C)[C@H]1NC2=CC=CCC=C2[C@H]2C=CC[C@H]21. The van der Waals surface area contributed by atoms with E-state index in [-0.39, 0.29) is 0 Å². The fraction of sp³-hybridized carbons (Fsp3) is 0.263. The van der Waals surface area contributed by atoms with Crippen LogP contribution in [0, 0.1) is 11.8 Å². The molecule has 0 amide bonds. The van der Waals surface area contributed by atoms with E-state index in [9.17, 15) is 0 Å². The number of hydrogen-bond acceptors (Lipinski definition) is 1. The largest absolute Gasteiger partial charge is 0.378 e. The summed E-state index contributed by atoms with van der Waals surface area (Å²) in [4.78, 5) is 0. The van der Waals surface area contributed by atoms with Crippen LogP contribution in [0.2, 0.25) is 0 Å². The molecule has 1 heterocycles. The highest BCUT2D eigenvalue weighted by Gasteiger charge is 2.39. The Bertz CT molecular complexity index is 569. The minimum Gasteiger partial charge on any atom is -0.378 e. The highest BCUT2D eigenvalue weighted by molar-refractivity contribution is 5.46. The van der Waals surface area contributed by atoms with Crippen LogP contribution in [0.1, 0.15) is 12.8 Å². The van der Waals surface area contributed by atoms with Gasteiger partial charge in [-0.25, -0.2) is 0 Å². The molecule has 0 aromatic heterocycles. The first kappa shape index (κ1) is 13.0. The van der Waals surface area contributed by atoms with Crippen molar-refractivity contribution in [3.8, 4) is 0 Å². The van der Waals surface area contributed by atoms with Gasteiger partial charge in [0.25, 0.3) is 0 Å². The van der Waals surface area contributed by atoms with E-state index in [1.807, 2.05) is 12.2 Å². The summed E-state index contributed by atoms with van der Waals surface area (Å²) < 4.78 is 0. The number of piperidine rings is 1. The Morgan fingerprint density at radius 2 is 2.20 bits per heavy atom. The van der Waals surface area contributed by atoms with Crippen molar-refractivity contribution in [2.45, 2.75) is 18.9 Å². The number of hydrogen-bond donors (Lipinski definition) is 1. The van der Waals surface area contributed by atoms with Gasteiger partial charge in [0.05, 0.1) is 6.04 Å². The summed E-state index contributed by atoms with van der Waals surface area (Å²) >= 11 is 0. The molecule has 0 spiro atoms. The molecule has 0 saturated carbocycles. The van der Waals surface area contributed by atoms with E-state index in [0.29, 0.717) is 17.9 Å². The predicted molar refractivity (Wildman–Crippen MR) is 86.1 cm³/mol. The van der Waals surface area contributed by atoms with Gasteiger partial charge in [-0.15, -0.1) is 0 Å². The third-order valence-electron chi connectivity index (χ3n) is 4.40. The third kappa shape index (κ3) is 2.14. The molecular weight excluding hydrogens is 242 g/mol. The summed E-state index contributed by atoms with van der Waals surface area (Å²) in [5.74, 6) is 1.11. The lowest BCUT2D eigenvalue weighted by molar-refractivity contribution is 0.349. The number of nitrogens with one attached hydrogen (secondary N) is 1. The monoisotopic (exact) mass is 263 g/mol. The summed E-state index contributed by atoms with van der Waals surface area (Å²) in [5.41, 5.74) is 3.94. The van der Waals surface area contributed by atoms with Gasteiger partial charge >= 0.3 is 0 Å². The van der Waals surface area contributed by atoms with Gasteiger partial charge < -0.3 is 5.32 Å². The van der Waals surface area contributed by atoms with E-state index in [4.69, 9.17) is 0 Å². The zero-order chi connectivity index (χ0) is 13.9. The van der Waals surface area contributed by atoms with Crippen LogP contribution < -0.4 is 5.32 Å². The molecule has 3 rings (SSSR count). The Balaban J connectivity index is 2.00. The van der Waals surface area contributed by atoms with Gasteiger partial charge in [-0.1, -0.05) is 61.8 Å². The maximum atomic E-state index is 3.97. The van der Waals surface area contributed by atoms with E-state index >= 15 is 0 Å². The molecule has 1 heteroatoms. The molecule has 3 atom stereocenters. The predicted octanol–water partition coefficient (Wildman–Crippen LogP) is 4.22. The van der Waals surface area contributed by atoms with Crippen molar-refractivity contribution in [3.63, 3.8) is 0 Å². The van der Waals surface area contributed by atoms with E-state index in [0.717, 1.165) is 12.8 Å². The van der Waals surface area contributed by atoms with Crippen LogP contribution in [0.15, 0.2) is 84.7 Å². The summed E-state index contributed by atoms with van der Waals surface area (Å²) in [5, 5.41) is 3.72. The Morgan fingerprint density at radius 3 is 3.00 bits per heavy atom. The van der Waals surface area contributed by atoms with Gasteiger partial charge in [-0.3, -0.25) is 0 Å². The molecule has 0 bridgehead atoms. The maximum Gasteiger partial charge on any atom is 0.0553 e. The normalized spacial score (nSPS) is 31.4. The molecule has 102 valence electrons. The molecule has 1 nitrogen and oxygen atoms in total. The van der Waals surface area contributed by atoms with E-state index in [1.54, 1.807) is 0 Å². The lowest BCUT2D eigenvalue weighted by atomic mass is 9.75. The van der Waals surface area contributed by atoms with Gasteiger partial charge in [0.1, 0.15) is 0 Å². The van der Waals surface area contributed by atoms with E-state index in [1.165, 1.54) is 16.8 Å². The number of rotatable bonds is 3. The molecule has 1 aliphatic heterocycles. The van der Waals surface area contributed by atoms with Crippen LogP contribution in [0.5, 0.6) is 0 Å². The second-order valence-electron chi connectivity index (χ2n) is 5.49. The molecule has 2 aliphatic carbocycles. The minimum atomic E-state index is 0.320. The van der Waals surface area contributed by atoms with Crippen molar-refractivity contribution >= 4 is 0 Å². The lowest BCUT2D eigenvalue weighted by Gasteiger charge is -2.39. The molecule has 0 aromatic carbocycles. The van der Waals surface area contributed by atoms with Gasteiger partial charge in [0, 0.05) is 11.6 Å². The van der Waals surface area contributed by atoms with Crippen LogP contribution in [-0.4, -0.2) is 6.04 Å². The smallest absolute Gasteiger partial charge is 0.0553 e. The second kappa shape index (κ2) is 5.54. The molecule has 0 unspecified atom stereocenters. The molecular formula is C19H21N. The van der Waals surface area contributed by atoms with Crippen molar-refractivity contribution < 1.29 is 0 Å². The van der Waals surface area contributed by atoms with E-state index < -0.39 is 0 Å². The first-order valence-electron chi connectivity index (χ1n) is 7.30. The second-order valence-corrected chi connectivity index (χ2v) is 5.49. The van der Waals surface area contributed by atoms with Crippen molar-refractivity contribution in [1.82, 2.24) is 5.32 Å². The quantitative estimate of drug-likeness (QED) is 0.594. The molecule has 3 aliphatic rings. The summed E-state index contributed by atoms with van der Waals surface area (Å²) in [6.45, 7) is 7.79. The van der Waals surface area contributed by atoms with Crippen molar-refractivity contribution in [1.29, 1.82) is 0 Å². The zero-order valence-electron chi connectivity index (χ0n) is 11.8. The Labute approximate surface area is 121 Å². The molecule has 0 aromatic rings. The van der Waals surface area contributed by atoms with Gasteiger partial charge in [-0.05, 0) is 36.0 Å². The van der Waals surface area contributed by atoms with Crippen LogP contribution >= 0.6 is 0 Å². The molecule has 0 radical (unpaired) electrons. The van der Waals surface area contributed by atoms with Crippen LogP contribution in [0.25, 0.3) is 0 Å². The Kier molecular flexibility index (Phi) is 3.60. The maximum absolute atomic E-state index is 3.97. The molecule has 1 saturated heterocycles. The first-order valence-corrected chi connectivity index (χ1v) is 7.30. The van der Waals surface area contributed by atoms with Crippen LogP contribution in [0.4, 0.5) is 0 Å². The molecule has 1 N–H and O–H groups in total. The summed E-state index contributed by atoms with van der Waals surface area (Å²) in [7, 11) is 0. The average Bonchev–Trinajstić information content (AvgIpc) is 2.83. The fourth-order valence-electron chi connectivity index (χ4n) is 3.48. The first-order chi connectivity index (χ1) is 9.85. The summed E-state index contributed by atoms with van der Waals surface area (Å²) in [6, 6.07) is 0.320. The average molecular weight is 263 g/mol. The van der Waals surface area contributed by atoms with Crippen LogP contribution in [-0.2, 0) is 0 Å². The van der Waals surface area contributed by atoms with Gasteiger partial charge in [0.2, 0.25) is 0 Å². The van der Waals surface area contributed by atoms with Crippen LogP contribution in [0.3, 0.4) is 0 Å². The standard InChI is InChI=1S/C19H21N/c1-3-9-14(4-2)19-17-12-8-11-15(17)16-10-6-5-7-13-18(16)20-19/h3-5,7-11,13,15,17,19-20H,1-2,6,12H2/b14-9+/t15-,17-,19-/m1/s1. The van der Waals surface area contributed by atoms with Gasteiger partial charge in [-0.2, -0.15) is 0 Å². The highest BCUT2D eigenvalue weighted by atomic mass is 15.0. The van der Waals surface area contributed by atoms with Crippen molar-refractivity contribution in [2.75, 3.05) is 0 Å². The number of fused-ring (bicyclic) bond motifs is 3. The van der Waals surface area contributed by atoms with Crippen molar-refractivity contribution in [3.05, 3.63) is 84.7 Å². The van der Waals surface area contributed by atoms with E-state index in [2.05, 4.69) is 61.0 Å².